The average Bonchev–Trinajstić information content (AvgIpc) is 2.14. The quantitative estimate of drug-likeness (QED) is 0.678. The van der Waals surface area contributed by atoms with Gasteiger partial charge in [-0.3, -0.25) is 0 Å². The molecule has 1 unspecified atom stereocenters. The van der Waals surface area contributed by atoms with Crippen LogP contribution in [0.15, 0.2) is 12.3 Å². The van der Waals surface area contributed by atoms with Crippen molar-refractivity contribution in [2.75, 3.05) is 11.5 Å². The summed E-state index contributed by atoms with van der Waals surface area (Å²) in [4.78, 5) is 0. The number of sulfone groups is 1. The molecule has 0 saturated carbocycles. The van der Waals surface area contributed by atoms with E-state index in [0.717, 1.165) is 12.8 Å². The normalized spacial score (nSPS) is 25.0. The molecule has 82 valence electrons. The molecule has 1 saturated heterocycles. The molecule has 4 heteroatoms. The van der Waals surface area contributed by atoms with E-state index in [1.165, 1.54) is 0 Å². The molecule has 1 rings (SSSR count). The molecule has 14 heavy (non-hydrogen) atoms. The Balaban J connectivity index is 2.41. The zero-order valence-corrected chi connectivity index (χ0v) is 9.59. The van der Waals surface area contributed by atoms with E-state index in [-0.39, 0.29) is 6.10 Å². The smallest absolute Gasteiger partial charge is 0.150 e. The van der Waals surface area contributed by atoms with Gasteiger partial charge in [0.25, 0.3) is 0 Å². The Kier molecular flexibility index (Phi) is 3.98. The van der Waals surface area contributed by atoms with Crippen LogP contribution in [0.3, 0.4) is 0 Å². The first-order valence-electron chi connectivity index (χ1n) is 5.02. The first-order chi connectivity index (χ1) is 6.55. The standard InChI is InChI=1S/C10H18O3S/c1-3-6-13-9(2)10-4-7-14(11,12)8-5-10/h3,6,9-10H,4-5,7-8H2,1-2H3/b6-3+. The molecule has 0 radical (unpaired) electrons. The second kappa shape index (κ2) is 4.82. The molecular weight excluding hydrogens is 200 g/mol. The molecule has 0 aromatic rings. The van der Waals surface area contributed by atoms with E-state index >= 15 is 0 Å². The van der Waals surface area contributed by atoms with E-state index in [4.69, 9.17) is 4.74 Å². The van der Waals surface area contributed by atoms with Gasteiger partial charge in [-0.1, -0.05) is 6.08 Å². The van der Waals surface area contributed by atoms with E-state index in [1.54, 1.807) is 6.26 Å². The lowest BCUT2D eigenvalue weighted by molar-refractivity contribution is 0.0962. The minimum atomic E-state index is -2.74. The van der Waals surface area contributed by atoms with Crippen LogP contribution in [0.2, 0.25) is 0 Å². The van der Waals surface area contributed by atoms with Gasteiger partial charge < -0.3 is 4.74 Å². The zero-order valence-electron chi connectivity index (χ0n) is 8.77. The van der Waals surface area contributed by atoms with Gasteiger partial charge in [-0.05, 0) is 32.6 Å². The largest absolute Gasteiger partial charge is 0.498 e. The van der Waals surface area contributed by atoms with Crippen molar-refractivity contribution in [3.63, 3.8) is 0 Å². The Labute approximate surface area is 86.1 Å². The highest BCUT2D eigenvalue weighted by Gasteiger charge is 2.27. The molecule has 0 spiro atoms. The minimum absolute atomic E-state index is 0.127. The number of allylic oxidation sites excluding steroid dienone is 1. The molecule has 0 aromatic heterocycles. The highest BCUT2D eigenvalue weighted by atomic mass is 32.2. The summed E-state index contributed by atoms with van der Waals surface area (Å²) in [5.41, 5.74) is 0. The maximum absolute atomic E-state index is 11.2. The van der Waals surface area contributed by atoms with Crippen molar-refractivity contribution >= 4 is 9.84 Å². The molecule has 1 aliphatic rings. The fourth-order valence-electron chi connectivity index (χ4n) is 1.69. The van der Waals surface area contributed by atoms with Crippen LogP contribution in [-0.2, 0) is 14.6 Å². The number of hydrogen-bond acceptors (Lipinski definition) is 3. The average molecular weight is 218 g/mol. The van der Waals surface area contributed by atoms with Gasteiger partial charge in [-0.25, -0.2) is 8.42 Å². The van der Waals surface area contributed by atoms with Crippen molar-refractivity contribution in [2.24, 2.45) is 5.92 Å². The van der Waals surface area contributed by atoms with E-state index in [0.29, 0.717) is 17.4 Å². The minimum Gasteiger partial charge on any atom is -0.498 e. The Hall–Kier alpha value is -0.510. The SMILES string of the molecule is C/C=C/OC(C)C1CCS(=O)(=O)CC1. The monoisotopic (exact) mass is 218 g/mol. The molecule has 1 fully saturated rings. The van der Waals surface area contributed by atoms with Crippen molar-refractivity contribution < 1.29 is 13.2 Å². The summed E-state index contributed by atoms with van der Waals surface area (Å²) in [6, 6.07) is 0. The maximum Gasteiger partial charge on any atom is 0.150 e. The molecule has 0 N–H and O–H groups in total. The van der Waals surface area contributed by atoms with E-state index in [2.05, 4.69) is 0 Å². The van der Waals surface area contributed by atoms with Crippen LogP contribution in [0.25, 0.3) is 0 Å². The third-order valence-corrected chi connectivity index (χ3v) is 4.41. The van der Waals surface area contributed by atoms with E-state index < -0.39 is 9.84 Å². The summed E-state index contributed by atoms with van der Waals surface area (Å²) in [6.07, 6.45) is 5.12. The highest BCUT2D eigenvalue weighted by Crippen LogP contribution is 2.23. The third-order valence-electron chi connectivity index (χ3n) is 2.69. The molecular formula is C10H18O3S. The lowest BCUT2D eigenvalue weighted by Crippen LogP contribution is -2.30. The zero-order chi connectivity index (χ0) is 10.6. The van der Waals surface area contributed by atoms with Gasteiger partial charge in [0, 0.05) is 0 Å². The van der Waals surface area contributed by atoms with Crippen LogP contribution in [0.5, 0.6) is 0 Å². The van der Waals surface area contributed by atoms with Gasteiger partial charge in [0.2, 0.25) is 0 Å². The molecule has 0 amide bonds. The molecule has 0 bridgehead atoms. The van der Waals surface area contributed by atoms with Crippen LogP contribution in [0, 0.1) is 5.92 Å². The second-order valence-electron chi connectivity index (χ2n) is 3.80. The first kappa shape index (κ1) is 11.6. The molecule has 1 heterocycles. The molecule has 3 nitrogen and oxygen atoms in total. The van der Waals surface area contributed by atoms with Crippen molar-refractivity contribution in [1.29, 1.82) is 0 Å². The summed E-state index contributed by atoms with van der Waals surface area (Å²) in [5.74, 6) is 1.03. The Morgan fingerprint density at radius 3 is 2.43 bits per heavy atom. The predicted molar refractivity (Wildman–Crippen MR) is 56.7 cm³/mol. The van der Waals surface area contributed by atoms with Crippen molar-refractivity contribution in [3.05, 3.63) is 12.3 Å². The van der Waals surface area contributed by atoms with Gasteiger partial charge in [-0.15, -0.1) is 0 Å². The van der Waals surface area contributed by atoms with E-state index in [1.807, 2.05) is 19.9 Å². The lowest BCUT2D eigenvalue weighted by Gasteiger charge is -2.26. The molecule has 0 aromatic carbocycles. The number of hydrogen-bond donors (Lipinski definition) is 0. The number of rotatable bonds is 3. The first-order valence-corrected chi connectivity index (χ1v) is 6.84. The summed E-state index contributed by atoms with van der Waals surface area (Å²) in [6.45, 7) is 3.90. The van der Waals surface area contributed by atoms with Crippen molar-refractivity contribution in [2.45, 2.75) is 32.8 Å². The summed E-state index contributed by atoms with van der Waals surface area (Å²) in [5, 5.41) is 0. The van der Waals surface area contributed by atoms with Crippen molar-refractivity contribution in [1.82, 2.24) is 0 Å². The summed E-state index contributed by atoms with van der Waals surface area (Å²) >= 11 is 0. The topological polar surface area (TPSA) is 43.4 Å². The van der Waals surface area contributed by atoms with Crippen LogP contribution >= 0.6 is 0 Å². The van der Waals surface area contributed by atoms with Gasteiger partial charge >= 0.3 is 0 Å². The maximum atomic E-state index is 11.2. The Morgan fingerprint density at radius 1 is 1.36 bits per heavy atom. The van der Waals surface area contributed by atoms with Crippen molar-refractivity contribution in [3.8, 4) is 0 Å². The fraction of sp³-hybridized carbons (Fsp3) is 0.800. The van der Waals surface area contributed by atoms with Gasteiger partial charge in [0.1, 0.15) is 9.84 Å². The second-order valence-corrected chi connectivity index (χ2v) is 6.10. The predicted octanol–water partition coefficient (Wildman–Crippen LogP) is 1.75. The van der Waals surface area contributed by atoms with Gasteiger partial charge in [-0.2, -0.15) is 0 Å². The number of ether oxygens (including phenoxy) is 1. The molecule has 0 aliphatic carbocycles. The van der Waals surface area contributed by atoms with Crippen LogP contribution in [0.4, 0.5) is 0 Å². The summed E-state index contributed by atoms with van der Waals surface area (Å²) in [7, 11) is -2.74. The third kappa shape index (κ3) is 3.33. The lowest BCUT2D eigenvalue weighted by atomic mass is 9.97. The van der Waals surface area contributed by atoms with Crippen LogP contribution in [0.1, 0.15) is 26.7 Å². The van der Waals surface area contributed by atoms with Crippen LogP contribution in [-0.4, -0.2) is 26.0 Å². The highest BCUT2D eigenvalue weighted by molar-refractivity contribution is 7.91. The van der Waals surface area contributed by atoms with Gasteiger partial charge in [0.05, 0.1) is 23.9 Å². The van der Waals surface area contributed by atoms with Gasteiger partial charge in [0.15, 0.2) is 0 Å². The Bertz CT molecular complexity index is 278. The summed E-state index contributed by atoms with van der Waals surface area (Å²) < 4.78 is 27.8. The molecule has 1 atom stereocenters. The van der Waals surface area contributed by atoms with Crippen LogP contribution < -0.4 is 0 Å². The fourth-order valence-corrected chi connectivity index (χ4v) is 3.22. The Morgan fingerprint density at radius 2 is 1.93 bits per heavy atom. The van der Waals surface area contributed by atoms with E-state index in [9.17, 15) is 8.42 Å². The molecule has 1 aliphatic heterocycles.